The van der Waals surface area contributed by atoms with Crippen molar-refractivity contribution in [3.63, 3.8) is 0 Å². The minimum Gasteiger partial charge on any atom is -0.462 e. The highest BCUT2D eigenvalue weighted by atomic mass is 32.2. The molecule has 0 saturated carbocycles. The number of esters is 1. The lowest BCUT2D eigenvalue weighted by Gasteiger charge is -2.08. The van der Waals surface area contributed by atoms with Crippen LogP contribution in [0.3, 0.4) is 0 Å². The van der Waals surface area contributed by atoms with E-state index < -0.39 is 11.7 Å². The fourth-order valence-electron chi connectivity index (χ4n) is 1.58. The zero-order valence-corrected chi connectivity index (χ0v) is 10.2. The fourth-order valence-corrected chi connectivity index (χ4v) is 2.65. The Balaban J connectivity index is 2.05. The van der Waals surface area contributed by atoms with Crippen LogP contribution < -0.4 is 0 Å². The molecule has 1 aliphatic heterocycles. The molecule has 2 heterocycles. The maximum absolute atomic E-state index is 12.3. The maximum atomic E-state index is 12.3. The third-order valence-electron chi connectivity index (χ3n) is 2.45. The Bertz CT molecular complexity index is 447. The Morgan fingerprint density at radius 1 is 1.44 bits per heavy atom. The highest BCUT2D eigenvalue weighted by Gasteiger charge is 2.34. The number of pyridine rings is 1. The van der Waals surface area contributed by atoms with Crippen molar-refractivity contribution < 1.29 is 22.7 Å². The molecular formula is C11H10F3NO2S. The lowest BCUT2D eigenvalue weighted by atomic mass is 10.3. The van der Waals surface area contributed by atoms with Gasteiger partial charge in [-0.05, 0) is 19.1 Å². The van der Waals surface area contributed by atoms with E-state index in [1.807, 2.05) is 0 Å². The first-order chi connectivity index (χ1) is 8.36. The smallest absolute Gasteiger partial charge is 0.417 e. The van der Waals surface area contributed by atoms with Gasteiger partial charge >= 0.3 is 12.1 Å². The van der Waals surface area contributed by atoms with Crippen molar-refractivity contribution in [3.05, 3.63) is 23.9 Å². The molecule has 0 aromatic carbocycles. The fraction of sp³-hybridized carbons (Fsp3) is 0.455. The summed E-state index contributed by atoms with van der Waals surface area (Å²) in [6, 6.07) is 2.23. The normalized spacial score (nSPS) is 24.1. The zero-order chi connectivity index (χ0) is 13.3. The topological polar surface area (TPSA) is 39.2 Å². The molecule has 18 heavy (non-hydrogen) atoms. The van der Waals surface area contributed by atoms with Gasteiger partial charge in [0.2, 0.25) is 0 Å². The van der Waals surface area contributed by atoms with Crippen LogP contribution in [0.2, 0.25) is 0 Å². The molecule has 0 amide bonds. The van der Waals surface area contributed by atoms with Gasteiger partial charge in [0.05, 0.1) is 10.6 Å². The maximum Gasteiger partial charge on any atom is 0.417 e. The number of carbonyl (C=O) groups is 1. The first-order valence-corrected chi connectivity index (χ1v) is 6.14. The van der Waals surface area contributed by atoms with E-state index in [1.54, 1.807) is 6.92 Å². The summed E-state index contributed by atoms with van der Waals surface area (Å²) in [5, 5.41) is 0.00304. The number of ether oxygens (including phenoxy) is 1. The lowest BCUT2D eigenvalue weighted by molar-refractivity contribution is -0.140. The van der Waals surface area contributed by atoms with Crippen LogP contribution in [-0.2, 0) is 15.7 Å². The first-order valence-electron chi connectivity index (χ1n) is 5.26. The molecular weight excluding hydrogens is 267 g/mol. The Hall–Kier alpha value is -1.24. The van der Waals surface area contributed by atoms with Crippen LogP contribution in [0, 0.1) is 0 Å². The zero-order valence-electron chi connectivity index (χ0n) is 9.40. The molecule has 0 unspecified atom stereocenters. The van der Waals surface area contributed by atoms with Crippen molar-refractivity contribution in [2.45, 2.75) is 35.9 Å². The van der Waals surface area contributed by atoms with E-state index >= 15 is 0 Å². The molecule has 0 aliphatic carbocycles. The second-order valence-electron chi connectivity index (χ2n) is 3.97. The highest BCUT2D eigenvalue weighted by Crippen LogP contribution is 2.33. The number of nitrogens with zero attached hydrogens (tertiary/aromatic N) is 1. The molecule has 3 nitrogen and oxygen atoms in total. The summed E-state index contributed by atoms with van der Waals surface area (Å²) >= 11 is 1.13. The molecule has 0 spiro atoms. The minimum absolute atomic E-state index is 0.149. The van der Waals surface area contributed by atoms with Gasteiger partial charge < -0.3 is 4.74 Å². The quantitative estimate of drug-likeness (QED) is 0.779. The molecule has 0 radical (unpaired) electrons. The number of aromatic nitrogens is 1. The Morgan fingerprint density at radius 3 is 2.61 bits per heavy atom. The van der Waals surface area contributed by atoms with Crippen LogP contribution in [0.15, 0.2) is 23.4 Å². The summed E-state index contributed by atoms with van der Waals surface area (Å²) in [7, 11) is 0. The van der Waals surface area contributed by atoms with Crippen LogP contribution in [0.1, 0.15) is 18.9 Å². The number of cyclic esters (lactones) is 1. The van der Waals surface area contributed by atoms with Crippen LogP contribution in [0.4, 0.5) is 13.2 Å². The predicted molar refractivity (Wildman–Crippen MR) is 59.1 cm³/mol. The van der Waals surface area contributed by atoms with Gasteiger partial charge in [0, 0.05) is 12.6 Å². The second kappa shape index (κ2) is 4.79. The Kier molecular flexibility index (Phi) is 3.52. The second-order valence-corrected chi connectivity index (χ2v) is 5.20. The Labute approximate surface area is 106 Å². The summed E-state index contributed by atoms with van der Waals surface area (Å²) in [6.45, 7) is 1.78. The van der Waals surface area contributed by atoms with Crippen molar-refractivity contribution in [3.8, 4) is 0 Å². The van der Waals surface area contributed by atoms with Crippen LogP contribution in [0.25, 0.3) is 0 Å². The molecule has 2 atom stereocenters. The van der Waals surface area contributed by atoms with Crippen molar-refractivity contribution >= 4 is 17.7 Å². The summed E-state index contributed by atoms with van der Waals surface area (Å²) in [5.41, 5.74) is -0.797. The minimum atomic E-state index is -4.39. The predicted octanol–water partition coefficient (Wildman–Crippen LogP) is 2.90. The van der Waals surface area contributed by atoms with E-state index in [2.05, 4.69) is 4.98 Å². The molecule has 1 aliphatic rings. The average molecular weight is 277 g/mol. The highest BCUT2D eigenvalue weighted by molar-refractivity contribution is 8.00. The van der Waals surface area contributed by atoms with Crippen molar-refractivity contribution in [2.75, 3.05) is 0 Å². The molecule has 1 fully saturated rings. The molecule has 98 valence electrons. The number of alkyl halides is 3. The third kappa shape index (κ3) is 2.95. The van der Waals surface area contributed by atoms with Crippen molar-refractivity contribution in [1.82, 2.24) is 4.98 Å². The van der Waals surface area contributed by atoms with Gasteiger partial charge in [-0.3, -0.25) is 4.79 Å². The summed E-state index contributed by atoms with van der Waals surface area (Å²) in [5.74, 6) is -0.339. The largest absolute Gasteiger partial charge is 0.462 e. The average Bonchev–Trinajstić information content (AvgIpc) is 2.57. The summed E-state index contributed by atoms with van der Waals surface area (Å²) in [4.78, 5) is 15.1. The third-order valence-corrected chi connectivity index (χ3v) is 3.61. The standard InChI is InChI=1S/C11H10F3NO2S/c1-6-4-8(10(16)17-6)18-9-3-2-7(5-15-9)11(12,13)14/h2-3,5-6,8H,4H2,1H3/t6-,8+/m0/s1. The van der Waals surface area contributed by atoms with E-state index in [0.717, 1.165) is 24.0 Å². The van der Waals surface area contributed by atoms with Gasteiger partial charge in [0.25, 0.3) is 0 Å². The van der Waals surface area contributed by atoms with Crippen LogP contribution in [-0.4, -0.2) is 22.3 Å². The summed E-state index contributed by atoms with van der Waals surface area (Å²) in [6.07, 6.45) is -3.22. The number of hydrogen-bond donors (Lipinski definition) is 0. The van der Waals surface area contributed by atoms with Gasteiger partial charge in [0.1, 0.15) is 11.4 Å². The number of halogens is 3. The van der Waals surface area contributed by atoms with E-state index in [1.165, 1.54) is 6.07 Å². The van der Waals surface area contributed by atoms with Gasteiger partial charge in [0.15, 0.2) is 0 Å². The monoisotopic (exact) mass is 277 g/mol. The van der Waals surface area contributed by atoms with Gasteiger partial charge in [-0.25, -0.2) is 4.98 Å². The number of hydrogen-bond acceptors (Lipinski definition) is 4. The molecule has 7 heteroatoms. The van der Waals surface area contributed by atoms with Crippen LogP contribution >= 0.6 is 11.8 Å². The van der Waals surface area contributed by atoms with Crippen LogP contribution in [0.5, 0.6) is 0 Å². The molecule has 2 rings (SSSR count). The first kappa shape index (κ1) is 13.2. The van der Waals surface area contributed by atoms with E-state index in [-0.39, 0.29) is 17.3 Å². The van der Waals surface area contributed by atoms with E-state index in [4.69, 9.17) is 4.74 Å². The number of rotatable bonds is 2. The number of thioether (sulfide) groups is 1. The van der Waals surface area contributed by atoms with E-state index in [9.17, 15) is 18.0 Å². The summed E-state index contributed by atoms with van der Waals surface area (Å²) < 4.78 is 41.9. The molecule has 0 N–H and O–H groups in total. The number of carbonyl (C=O) groups excluding carboxylic acids is 1. The van der Waals surface area contributed by atoms with Gasteiger partial charge in [-0.2, -0.15) is 13.2 Å². The van der Waals surface area contributed by atoms with E-state index in [0.29, 0.717) is 11.4 Å². The molecule has 1 aromatic rings. The van der Waals surface area contributed by atoms with Gasteiger partial charge in [-0.1, -0.05) is 11.8 Å². The Morgan fingerprint density at radius 2 is 2.17 bits per heavy atom. The SMILES string of the molecule is C[C@H]1C[C@@H](Sc2ccc(C(F)(F)F)cn2)C(=O)O1. The molecule has 0 bridgehead atoms. The van der Waals surface area contributed by atoms with Gasteiger partial charge in [-0.15, -0.1) is 0 Å². The van der Waals surface area contributed by atoms with Crippen molar-refractivity contribution in [2.24, 2.45) is 0 Å². The molecule has 1 aromatic heterocycles. The van der Waals surface area contributed by atoms with Crippen molar-refractivity contribution in [1.29, 1.82) is 0 Å². The molecule has 1 saturated heterocycles. The lowest BCUT2D eigenvalue weighted by Crippen LogP contribution is -2.10.